The molecule has 1 aliphatic rings. The molecule has 1 fully saturated rings. The van der Waals surface area contributed by atoms with Crippen molar-refractivity contribution in [1.82, 2.24) is 9.29 Å². The van der Waals surface area contributed by atoms with Crippen LogP contribution >= 0.6 is 0 Å². The molecule has 0 aliphatic heterocycles. The van der Waals surface area contributed by atoms with Crippen LogP contribution in [0.5, 0.6) is 0 Å². The lowest BCUT2D eigenvalue weighted by Crippen LogP contribution is -2.38. The van der Waals surface area contributed by atoms with Crippen molar-refractivity contribution in [2.45, 2.75) is 50.0 Å². The molecule has 1 aliphatic carbocycles. The topological polar surface area (TPSA) is 62.3 Å². The predicted octanol–water partition coefficient (Wildman–Crippen LogP) is 2.47. The van der Waals surface area contributed by atoms with Crippen LogP contribution in [0, 0.1) is 0 Å². The van der Waals surface area contributed by atoms with Gasteiger partial charge in [0, 0.05) is 31.9 Å². The summed E-state index contributed by atoms with van der Waals surface area (Å²) in [7, 11) is -1.73. The fourth-order valence-corrected chi connectivity index (χ4v) is 4.09. The summed E-state index contributed by atoms with van der Waals surface area (Å²) in [5, 5.41) is 3.04. The van der Waals surface area contributed by atoms with Gasteiger partial charge in [-0.15, -0.1) is 0 Å². The highest BCUT2D eigenvalue weighted by molar-refractivity contribution is 7.89. The fraction of sp³-hybridized carbons (Fsp3) is 0.643. The van der Waals surface area contributed by atoms with Crippen molar-refractivity contribution >= 4 is 15.8 Å². The molecular formula is C14H23N3O2S. The van der Waals surface area contributed by atoms with Crippen LogP contribution in [0.4, 0.5) is 5.82 Å². The first-order valence-corrected chi connectivity index (χ1v) is 8.67. The summed E-state index contributed by atoms with van der Waals surface area (Å²) in [6.45, 7) is 2.67. The van der Waals surface area contributed by atoms with Crippen molar-refractivity contribution in [3.63, 3.8) is 0 Å². The first-order chi connectivity index (χ1) is 9.55. The molecule has 0 spiro atoms. The van der Waals surface area contributed by atoms with Gasteiger partial charge in [-0.1, -0.05) is 19.3 Å². The molecule has 0 bridgehead atoms. The predicted molar refractivity (Wildman–Crippen MR) is 80.2 cm³/mol. The van der Waals surface area contributed by atoms with Crippen molar-refractivity contribution in [1.29, 1.82) is 0 Å². The van der Waals surface area contributed by atoms with Gasteiger partial charge in [-0.2, -0.15) is 4.31 Å². The Kier molecular flexibility index (Phi) is 4.99. The van der Waals surface area contributed by atoms with Gasteiger partial charge in [0.05, 0.1) is 4.90 Å². The summed E-state index contributed by atoms with van der Waals surface area (Å²) < 4.78 is 26.9. The Balaban J connectivity index is 2.22. The lowest BCUT2D eigenvalue weighted by Gasteiger charge is -2.30. The number of hydrogen-bond acceptors (Lipinski definition) is 4. The molecule has 1 aromatic heterocycles. The van der Waals surface area contributed by atoms with Crippen LogP contribution in [0.3, 0.4) is 0 Å². The minimum Gasteiger partial charge on any atom is -0.370 e. The van der Waals surface area contributed by atoms with Crippen LogP contribution in [0.1, 0.15) is 39.0 Å². The average molecular weight is 297 g/mol. The largest absolute Gasteiger partial charge is 0.370 e. The lowest BCUT2D eigenvalue weighted by molar-refractivity contribution is 0.286. The van der Waals surface area contributed by atoms with E-state index in [4.69, 9.17) is 0 Å². The van der Waals surface area contributed by atoms with E-state index >= 15 is 0 Å². The number of nitrogens with zero attached hydrogens (tertiary/aromatic N) is 2. The molecule has 5 nitrogen and oxygen atoms in total. The quantitative estimate of drug-likeness (QED) is 0.907. The van der Waals surface area contributed by atoms with E-state index in [1.807, 2.05) is 6.92 Å². The maximum absolute atomic E-state index is 12.7. The van der Waals surface area contributed by atoms with E-state index in [2.05, 4.69) is 10.3 Å². The summed E-state index contributed by atoms with van der Waals surface area (Å²) in [4.78, 5) is 4.44. The van der Waals surface area contributed by atoms with Crippen LogP contribution in [-0.2, 0) is 10.0 Å². The van der Waals surface area contributed by atoms with Crippen LogP contribution in [0.2, 0.25) is 0 Å². The Labute approximate surface area is 121 Å². The van der Waals surface area contributed by atoms with Gasteiger partial charge < -0.3 is 5.32 Å². The first-order valence-electron chi connectivity index (χ1n) is 7.23. The molecule has 20 heavy (non-hydrogen) atoms. The second kappa shape index (κ2) is 6.54. The van der Waals surface area contributed by atoms with E-state index in [0.717, 1.165) is 32.2 Å². The van der Waals surface area contributed by atoms with Gasteiger partial charge in [-0.25, -0.2) is 13.4 Å². The second-order valence-corrected chi connectivity index (χ2v) is 7.22. The number of anilines is 1. The molecule has 0 radical (unpaired) electrons. The van der Waals surface area contributed by atoms with Gasteiger partial charge in [0.1, 0.15) is 5.82 Å². The zero-order valence-corrected chi connectivity index (χ0v) is 13.0. The van der Waals surface area contributed by atoms with Gasteiger partial charge in [0.25, 0.3) is 0 Å². The zero-order chi connectivity index (χ0) is 14.6. The highest BCUT2D eigenvalue weighted by atomic mass is 32.2. The van der Waals surface area contributed by atoms with E-state index in [1.54, 1.807) is 25.4 Å². The lowest BCUT2D eigenvalue weighted by atomic mass is 9.96. The first kappa shape index (κ1) is 15.3. The molecule has 2 rings (SSSR count). The molecule has 1 heterocycles. The van der Waals surface area contributed by atoms with Crippen LogP contribution in [-0.4, -0.2) is 37.3 Å². The molecule has 0 atom stereocenters. The number of sulfonamides is 1. The normalized spacial score (nSPS) is 17.4. The van der Waals surface area contributed by atoms with Crippen LogP contribution < -0.4 is 5.32 Å². The van der Waals surface area contributed by atoms with E-state index in [1.165, 1.54) is 10.7 Å². The smallest absolute Gasteiger partial charge is 0.243 e. The Morgan fingerprint density at radius 1 is 1.35 bits per heavy atom. The van der Waals surface area contributed by atoms with Gasteiger partial charge >= 0.3 is 0 Å². The third-order valence-electron chi connectivity index (χ3n) is 3.86. The van der Waals surface area contributed by atoms with Gasteiger partial charge in [-0.3, -0.25) is 0 Å². The number of rotatable bonds is 5. The number of aromatic nitrogens is 1. The summed E-state index contributed by atoms with van der Waals surface area (Å²) in [5.74, 6) is 0.602. The molecule has 0 amide bonds. The molecule has 0 saturated heterocycles. The third-order valence-corrected chi connectivity index (χ3v) is 5.76. The van der Waals surface area contributed by atoms with Crippen molar-refractivity contribution in [3.05, 3.63) is 18.3 Å². The van der Waals surface area contributed by atoms with E-state index < -0.39 is 10.0 Å². The highest BCUT2D eigenvalue weighted by Crippen LogP contribution is 2.26. The van der Waals surface area contributed by atoms with Crippen molar-refractivity contribution in [3.8, 4) is 0 Å². The number of nitrogens with one attached hydrogen (secondary N) is 1. The molecular weight excluding hydrogens is 274 g/mol. The van der Waals surface area contributed by atoms with Gasteiger partial charge in [-0.05, 0) is 25.8 Å². The molecule has 1 N–H and O–H groups in total. The van der Waals surface area contributed by atoms with Crippen LogP contribution in [0.25, 0.3) is 0 Å². The maximum atomic E-state index is 12.7. The third kappa shape index (κ3) is 3.30. The molecule has 6 heteroatoms. The van der Waals surface area contributed by atoms with Gasteiger partial charge in [0.2, 0.25) is 10.0 Å². The summed E-state index contributed by atoms with van der Waals surface area (Å²) in [5.41, 5.74) is 0. The number of pyridine rings is 1. The summed E-state index contributed by atoms with van der Waals surface area (Å²) >= 11 is 0. The molecule has 1 aromatic rings. The monoisotopic (exact) mass is 297 g/mol. The van der Waals surface area contributed by atoms with E-state index in [9.17, 15) is 8.42 Å². The Hall–Kier alpha value is -1.14. The maximum Gasteiger partial charge on any atom is 0.243 e. The summed E-state index contributed by atoms with van der Waals surface area (Å²) in [6.07, 6.45) is 6.90. The molecule has 112 valence electrons. The Bertz CT molecular complexity index is 539. The van der Waals surface area contributed by atoms with Gasteiger partial charge in [0.15, 0.2) is 0 Å². The standard InChI is InChI=1S/C14H23N3O2S/c1-3-15-14-11-13(9-10-16-14)20(18,19)17(2)12-7-5-4-6-8-12/h9-12H,3-8H2,1-2H3,(H,15,16). The van der Waals surface area contributed by atoms with Crippen molar-refractivity contribution in [2.75, 3.05) is 18.9 Å². The highest BCUT2D eigenvalue weighted by Gasteiger charge is 2.29. The van der Waals surface area contributed by atoms with Crippen molar-refractivity contribution in [2.24, 2.45) is 0 Å². The number of hydrogen-bond donors (Lipinski definition) is 1. The van der Waals surface area contributed by atoms with E-state index in [0.29, 0.717) is 10.7 Å². The SMILES string of the molecule is CCNc1cc(S(=O)(=O)N(C)C2CCCCC2)ccn1. The van der Waals surface area contributed by atoms with E-state index in [-0.39, 0.29) is 6.04 Å². The fourth-order valence-electron chi connectivity index (χ4n) is 2.66. The molecule has 0 unspecified atom stereocenters. The Morgan fingerprint density at radius 3 is 2.70 bits per heavy atom. The van der Waals surface area contributed by atoms with Crippen LogP contribution in [0.15, 0.2) is 23.2 Å². The molecule has 1 saturated carbocycles. The Morgan fingerprint density at radius 2 is 2.05 bits per heavy atom. The molecule has 0 aromatic carbocycles. The van der Waals surface area contributed by atoms with Crippen molar-refractivity contribution < 1.29 is 8.42 Å². The zero-order valence-electron chi connectivity index (χ0n) is 12.2. The second-order valence-electron chi connectivity index (χ2n) is 5.22. The minimum atomic E-state index is -3.43. The average Bonchev–Trinajstić information content (AvgIpc) is 2.48. The summed E-state index contributed by atoms with van der Waals surface area (Å²) in [6, 6.07) is 3.30. The minimum absolute atomic E-state index is 0.129.